The lowest BCUT2D eigenvalue weighted by molar-refractivity contribution is -0.138. The van der Waals surface area contributed by atoms with Gasteiger partial charge < -0.3 is 10.2 Å². The number of rotatable bonds is 3. The number of carbonyl (C=O) groups excluding carboxylic acids is 3. The van der Waals surface area contributed by atoms with Crippen LogP contribution in [0.3, 0.4) is 0 Å². The van der Waals surface area contributed by atoms with Crippen LogP contribution in [0.25, 0.3) is 0 Å². The lowest BCUT2D eigenvalue weighted by atomic mass is 10.1. The molecule has 7 nitrogen and oxygen atoms in total. The van der Waals surface area contributed by atoms with Crippen LogP contribution in [0.4, 0.5) is 5.69 Å². The van der Waals surface area contributed by atoms with Gasteiger partial charge in [0, 0.05) is 18.4 Å². The van der Waals surface area contributed by atoms with Gasteiger partial charge in [0.05, 0.1) is 0 Å². The zero-order valence-electron chi connectivity index (χ0n) is 11.3. The Morgan fingerprint density at radius 3 is 3.00 bits per heavy atom. The monoisotopic (exact) mass is 276 g/mol. The van der Waals surface area contributed by atoms with Crippen molar-refractivity contribution < 1.29 is 14.4 Å². The van der Waals surface area contributed by atoms with Crippen LogP contribution in [0, 0.1) is 0 Å². The number of amides is 3. The first-order chi connectivity index (χ1) is 9.52. The molecule has 0 bridgehead atoms. The molecule has 2 heterocycles. The van der Waals surface area contributed by atoms with Gasteiger partial charge in [0.2, 0.25) is 11.8 Å². The average molecular weight is 276 g/mol. The van der Waals surface area contributed by atoms with Crippen molar-refractivity contribution in [1.82, 2.24) is 15.2 Å². The van der Waals surface area contributed by atoms with E-state index in [0.29, 0.717) is 0 Å². The molecule has 0 aromatic carbocycles. The quantitative estimate of drug-likeness (QED) is 0.758. The van der Waals surface area contributed by atoms with Crippen LogP contribution in [0.15, 0.2) is 18.3 Å². The minimum Gasteiger partial charge on any atom is -0.385 e. The number of aromatic nitrogens is 1. The third-order valence-corrected chi connectivity index (χ3v) is 3.04. The van der Waals surface area contributed by atoms with Crippen molar-refractivity contribution in [2.24, 2.45) is 0 Å². The second kappa shape index (κ2) is 5.68. The highest BCUT2D eigenvalue weighted by Gasteiger charge is 2.34. The van der Waals surface area contributed by atoms with E-state index >= 15 is 0 Å². The highest BCUT2D eigenvalue weighted by molar-refractivity contribution is 6.06. The van der Waals surface area contributed by atoms with Gasteiger partial charge in [0.15, 0.2) is 0 Å². The summed E-state index contributed by atoms with van der Waals surface area (Å²) in [6.07, 6.45) is 1.52. The molecule has 1 aliphatic rings. The Hall–Kier alpha value is -2.44. The molecule has 0 aliphatic carbocycles. The number of hydrogen-bond donors (Lipinski definition) is 2. The third kappa shape index (κ3) is 2.76. The molecule has 106 valence electrons. The van der Waals surface area contributed by atoms with Gasteiger partial charge >= 0.3 is 0 Å². The highest BCUT2D eigenvalue weighted by Crippen LogP contribution is 2.13. The minimum atomic E-state index is -0.690. The molecule has 1 aromatic heterocycles. The average Bonchev–Trinajstić information content (AvgIpc) is 2.43. The van der Waals surface area contributed by atoms with Crippen LogP contribution in [-0.2, 0) is 9.59 Å². The van der Waals surface area contributed by atoms with E-state index in [1.54, 1.807) is 19.1 Å². The summed E-state index contributed by atoms with van der Waals surface area (Å²) in [5.74, 6) is -1.39. The lowest BCUT2D eigenvalue weighted by Gasteiger charge is -2.31. The number of nitrogens with one attached hydrogen (secondary N) is 2. The van der Waals surface area contributed by atoms with Gasteiger partial charge in [-0.15, -0.1) is 0 Å². The molecule has 1 saturated heterocycles. The maximum Gasteiger partial charge on any atom is 0.273 e. The fraction of sp³-hybridized carbons (Fsp3) is 0.385. The van der Waals surface area contributed by atoms with E-state index in [2.05, 4.69) is 15.6 Å². The Labute approximate surface area is 116 Å². The van der Waals surface area contributed by atoms with Crippen LogP contribution in [-0.4, -0.2) is 46.7 Å². The molecule has 2 rings (SSSR count). The normalized spacial score (nSPS) is 18.7. The van der Waals surface area contributed by atoms with E-state index < -0.39 is 23.8 Å². The van der Waals surface area contributed by atoms with Crippen LogP contribution in [0.1, 0.15) is 24.3 Å². The molecule has 3 amide bonds. The topological polar surface area (TPSA) is 91.4 Å². The Morgan fingerprint density at radius 1 is 1.55 bits per heavy atom. The van der Waals surface area contributed by atoms with Gasteiger partial charge in [-0.05, 0) is 26.0 Å². The van der Waals surface area contributed by atoms with Crippen molar-refractivity contribution in [3.63, 3.8) is 0 Å². The summed E-state index contributed by atoms with van der Waals surface area (Å²) in [7, 11) is 0. The number of carbonyl (C=O) groups is 3. The predicted octanol–water partition coefficient (Wildman–Crippen LogP) is 0.000500. The number of nitrogens with zero attached hydrogens (tertiary/aromatic N) is 2. The largest absolute Gasteiger partial charge is 0.385 e. The van der Waals surface area contributed by atoms with E-state index in [9.17, 15) is 14.4 Å². The standard InChI is InChI=1S/C13H16N4O3/c1-3-14-9-4-5-15-10(6-9)13(20)17-7-11(18)16-12(19)8(17)2/h4-6,8H,3,7H2,1-2H3,(H,14,15)(H,16,18,19). The van der Waals surface area contributed by atoms with Gasteiger partial charge in [-0.2, -0.15) is 0 Å². The molecule has 20 heavy (non-hydrogen) atoms. The molecule has 1 unspecified atom stereocenters. The maximum atomic E-state index is 12.4. The summed E-state index contributed by atoms with van der Waals surface area (Å²) in [6.45, 7) is 4.10. The SMILES string of the molecule is CCNc1ccnc(C(=O)N2CC(=O)NC(=O)C2C)c1. The maximum absolute atomic E-state index is 12.4. The first-order valence-corrected chi connectivity index (χ1v) is 6.37. The third-order valence-electron chi connectivity index (χ3n) is 3.04. The molecule has 2 N–H and O–H groups in total. The minimum absolute atomic E-state index is 0.140. The summed E-state index contributed by atoms with van der Waals surface area (Å²) in [5.41, 5.74) is 0.976. The van der Waals surface area contributed by atoms with E-state index in [0.717, 1.165) is 12.2 Å². The van der Waals surface area contributed by atoms with Gasteiger partial charge in [0.25, 0.3) is 5.91 Å². The Kier molecular flexibility index (Phi) is 3.97. The summed E-state index contributed by atoms with van der Waals surface area (Å²) in [6, 6.07) is 2.66. The molecule has 7 heteroatoms. The van der Waals surface area contributed by atoms with Crippen LogP contribution in [0.5, 0.6) is 0 Å². The first-order valence-electron chi connectivity index (χ1n) is 6.37. The molecular formula is C13H16N4O3. The van der Waals surface area contributed by atoms with Gasteiger partial charge in [-0.1, -0.05) is 0 Å². The first kappa shape index (κ1) is 14.0. The van der Waals surface area contributed by atoms with Gasteiger partial charge in [-0.3, -0.25) is 24.7 Å². The van der Waals surface area contributed by atoms with Crippen molar-refractivity contribution in [3.8, 4) is 0 Å². The summed E-state index contributed by atoms with van der Waals surface area (Å²) in [5, 5.41) is 5.27. The Bertz CT molecular complexity index is 558. The van der Waals surface area contributed by atoms with E-state index in [1.807, 2.05) is 6.92 Å². The summed E-state index contributed by atoms with van der Waals surface area (Å²) < 4.78 is 0. The van der Waals surface area contributed by atoms with E-state index in [4.69, 9.17) is 0 Å². The van der Waals surface area contributed by atoms with Crippen molar-refractivity contribution in [2.45, 2.75) is 19.9 Å². The number of anilines is 1. The smallest absolute Gasteiger partial charge is 0.273 e. The number of piperazine rings is 1. The molecule has 1 aliphatic heterocycles. The molecule has 1 fully saturated rings. The Balaban J connectivity index is 2.23. The summed E-state index contributed by atoms with van der Waals surface area (Å²) >= 11 is 0. The van der Waals surface area contributed by atoms with Crippen molar-refractivity contribution in [3.05, 3.63) is 24.0 Å². The highest BCUT2D eigenvalue weighted by atomic mass is 16.2. The number of hydrogen-bond acceptors (Lipinski definition) is 5. The van der Waals surface area contributed by atoms with Crippen molar-refractivity contribution in [2.75, 3.05) is 18.4 Å². The van der Waals surface area contributed by atoms with Crippen molar-refractivity contribution in [1.29, 1.82) is 0 Å². The Morgan fingerprint density at radius 2 is 2.30 bits per heavy atom. The van der Waals surface area contributed by atoms with E-state index in [-0.39, 0.29) is 12.2 Å². The zero-order valence-corrected chi connectivity index (χ0v) is 11.3. The van der Waals surface area contributed by atoms with Crippen molar-refractivity contribution >= 4 is 23.4 Å². The zero-order chi connectivity index (χ0) is 14.7. The lowest BCUT2D eigenvalue weighted by Crippen LogP contribution is -2.58. The molecular weight excluding hydrogens is 260 g/mol. The second-order valence-corrected chi connectivity index (χ2v) is 4.48. The van der Waals surface area contributed by atoms with Crippen LogP contribution >= 0.6 is 0 Å². The molecule has 0 saturated carbocycles. The molecule has 1 atom stereocenters. The van der Waals surface area contributed by atoms with Gasteiger partial charge in [0.1, 0.15) is 18.3 Å². The van der Waals surface area contributed by atoms with Crippen LogP contribution < -0.4 is 10.6 Å². The fourth-order valence-corrected chi connectivity index (χ4v) is 1.97. The fourth-order valence-electron chi connectivity index (χ4n) is 1.97. The number of pyridine rings is 1. The van der Waals surface area contributed by atoms with E-state index in [1.165, 1.54) is 11.1 Å². The van der Waals surface area contributed by atoms with Gasteiger partial charge in [-0.25, -0.2) is 0 Å². The predicted molar refractivity (Wildman–Crippen MR) is 72.0 cm³/mol. The molecule has 0 spiro atoms. The van der Waals surface area contributed by atoms with Crippen LogP contribution in [0.2, 0.25) is 0 Å². The molecule has 1 aromatic rings. The second-order valence-electron chi connectivity index (χ2n) is 4.48. The number of imide groups is 1. The molecule has 0 radical (unpaired) electrons. The summed E-state index contributed by atoms with van der Waals surface area (Å²) in [4.78, 5) is 40.5.